The van der Waals surface area contributed by atoms with Gasteiger partial charge in [0.25, 0.3) is 5.91 Å². The first-order valence-electron chi connectivity index (χ1n) is 9.75. The van der Waals surface area contributed by atoms with Gasteiger partial charge in [-0.05, 0) is 42.3 Å². The van der Waals surface area contributed by atoms with Crippen molar-refractivity contribution in [2.45, 2.75) is 31.5 Å². The van der Waals surface area contributed by atoms with Gasteiger partial charge in [-0.1, -0.05) is 12.1 Å². The second-order valence-electron chi connectivity index (χ2n) is 7.33. The molecule has 2 aromatic carbocycles. The van der Waals surface area contributed by atoms with E-state index >= 15 is 0 Å². The number of piperidine rings is 1. The van der Waals surface area contributed by atoms with Crippen LogP contribution < -0.4 is 14.8 Å². The topological polar surface area (TPSA) is 88.1 Å². The summed E-state index contributed by atoms with van der Waals surface area (Å²) < 4.78 is 11.3. The molecule has 0 aliphatic carbocycles. The number of fused-ring (bicyclic) bond motifs is 1. The number of hydrogen-bond acceptors (Lipinski definition) is 5. The molecule has 2 atom stereocenters. The molecule has 7 heteroatoms. The van der Waals surface area contributed by atoms with Crippen molar-refractivity contribution in [2.75, 3.05) is 25.5 Å². The molecule has 0 spiro atoms. The van der Waals surface area contributed by atoms with Crippen molar-refractivity contribution in [2.24, 2.45) is 0 Å². The number of ether oxygens (including phenoxy) is 2. The number of β-amino-alcohol motifs (C(OH)–C–C–N with tert-alkyl or cyclic N) is 1. The van der Waals surface area contributed by atoms with E-state index in [-0.39, 0.29) is 18.4 Å². The van der Waals surface area contributed by atoms with Crippen LogP contribution in [0.15, 0.2) is 42.5 Å². The molecule has 0 unspecified atom stereocenters. The molecule has 4 rings (SSSR count). The Hall–Kier alpha value is -3.06. The van der Waals surface area contributed by atoms with E-state index in [9.17, 15) is 14.7 Å². The first kappa shape index (κ1) is 19.3. The Balaban J connectivity index is 1.41. The van der Waals surface area contributed by atoms with Crippen LogP contribution >= 0.6 is 0 Å². The van der Waals surface area contributed by atoms with E-state index in [0.29, 0.717) is 42.9 Å². The summed E-state index contributed by atoms with van der Waals surface area (Å²) in [5.41, 5.74) is 2.32. The lowest BCUT2D eigenvalue weighted by Crippen LogP contribution is -2.51. The number of carbonyl (C=O) groups excluding carboxylic acids is 2. The van der Waals surface area contributed by atoms with Gasteiger partial charge in [-0.3, -0.25) is 9.59 Å². The van der Waals surface area contributed by atoms with Crippen LogP contribution in [0.25, 0.3) is 0 Å². The van der Waals surface area contributed by atoms with Crippen LogP contribution in [0, 0.1) is 0 Å². The van der Waals surface area contributed by atoms with Crippen molar-refractivity contribution in [1.29, 1.82) is 0 Å². The van der Waals surface area contributed by atoms with E-state index in [0.717, 1.165) is 11.3 Å². The number of rotatable bonds is 4. The predicted octanol–water partition coefficient (Wildman–Crippen LogP) is 2.23. The Morgan fingerprint density at radius 2 is 2.03 bits per heavy atom. The second kappa shape index (κ2) is 8.13. The Morgan fingerprint density at radius 1 is 1.21 bits per heavy atom. The van der Waals surface area contributed by atoms with Crippen molar-refractivity contribution in [3.8, 4) is 11.5 Å². The fraction of sp³-hybridized carbons (Fsp3) is 0.364. The van der Waals surface area contributed by atoms with E-state index in [1.807, 2.05) is 18.2 Å². The van der Waals surface area contributed by atoms with Crippen LogP contribution in [-0.4, -0.2) is 54.2 Å². The second-order valence-corrected chi connectivity index (χ2v) is 7.33. The standard InChI is InChI=1S/C22H24N2O5/c1-28-19-5-3-2-4-16(19)22(27)24-11-10-20(18(25)13-24)29-15-7-8-17-14(12-15)6-9-21(26)23-17/h2-5,7-8,12,18,20,25H,6,9-11,13H2,1H3,(H,23,26)/t18-,20-/m1/s1. The number of carbonyl (C=O) groups is 2. The lowest BCUT2D eigenvalue weighted by atomic mass is 10.0. The molecule has 29 heavy (non-hydrogen) atoms. The lowest BCUT2D eigenvalue weighted by molar-refractivity contribution is -0.116. The summed E-state index contributed by atoms with van der Waals surface area (Å²) in [4.78, 5) is 25.9. The molecule has 1 fully saturated rings. The Labute approximate surface area is 169 Å². The number of methoxy groups -OCH3 is 1. The number of hydrogen-bond donors (Lipinski definition) is 2. The Morgan fingerprint density at radius 3 is 2.83 bits per heavy atom. The number of likely N-dealkylation sites (tertiary alicyclic amines) is 1. The SMILES string of the molecule is COc1ccccc1C(=O)N1CC[C@@H](Oc2ccc3c(c2)CCC(=O)N3)[C@H](O)C1. The molecule has 2 heterocycles. The van der Waals surface area contributed by atoms with Crippen molar-refractivity contribution in [3.05, 3.63) is 53.6 Å². The lowest BCUT2D eigenvalue weighted by Gasteiger charge is -2.36. The monoisotopic (exact) mass is 396 g/mol. The molecule has 0 saturated carbocycles. The molecule has 0 bridgehead atoms. The quantitative estimate of drug-likeness (QED) is 0.828. The summed E-state index contributed by atoms with van der Waals surface area (Å²) >= 11 is 0. The van der Waals surface area contributed by atoms with E-state index in [4.69, 9.17) is 9.47 Å². The Kier molecular flexibility index (Phi) is 5.40. The fourth-order valence-corrected chi connectivity index (χ4v) is 3.83. The van der Waals surface area contributed by atoms with Crippen LogP contribution in [0.2, 0.25) is 0 Å². The highest BCUT2D eigenvalue weighted by Crippen LogP contribution is 2.29. The van der Waals surface area contributed by atoms with E-state index in [1.54, 1.807) is 29.2 Å². The molecule has 0 radical (unpaired) electrons. The molecule has 152 valence electrons. The molecular formula is C22H24N2O5. The number of anilines is 1. The third-order valence-electron chi connectivity index (χ3n) is 5.40. The maximum Gasteiger partial charge on any atom is 0.257 e. The number of aliphatic hydroxyl groups is 1. The summed E-state index contributed by atoms with van der Waals surface area (Å²) in [6, 6.07) is 12.6. The van der Waals surface area contributed by atoms with E-state index in [1.165, 1.54) is 7.11 Å². The smallest absolute Gasteiger partial charge is 0.257 e. The average Bonchev–Trinajstić information content (AvgIpc) is 2.74. The molecule has 2 aliphatic rings. The largest absolute Gasteiger partial charge is 0.496 e. The minimum Gasteiger partial charge on any atom is -0.496 e. The van der Waals surface area contributed by atoms with Crippen LogP contribution in [0.3, 0.4) is 0 Å². The molecule has 2 aliphatic heterocycles. The summed E-state index contributed by atoms with van der Waals surface area (Å²) in [6.45, 7) is 0.683. The molecule has 1 saturated heterocycles. The zero-order chi connectivity index (χ0) is 20.4. The molecule has 7 nitrogen and oxygen atoms in total. The van der Waals surface area contributed by atoms with Crippen molar-refractivity contribution in [3.63, 3.8) is 0 Å². The third kappa shape index (κ3) is 4.05. The van der Waals surface area contributed by atoms with Gasteiger partial charge in [0, 0.05) is 25.1 Å². The van der Waals surface area contributed by atoms with Crippen LogP contribution in [-0.2, 0) is 11.2 Å². The van der Waals surface area contributed by atoms with Gasteiger partial charge < -0.3 is 24.8 Å². The first-order chi connectivity index (χ1) is 14.0. The van der Waals surface area contributed by atoms with E-state index < -0.39 is 12.2 Å². The third-order valence-corrected chi connectivity index (χ3v) is 5.40. The van der Waals surface area contributed by atoms with Gasteiger partial charge >= 0.3 is 0 Å². The number of aliphatic hydroxyl groups excluding tert-OH is 1. The fourth-order valence-electron chi connectivity index (χ4n) is 3.83. The van der Waals surface area contributed by atoms with Gasteiger partial charge in [0.1, 0.15) is 23.7 Å². The number of nitrogens with zero attached hydrogens (tertiary/aromatic N) is 1. The van der Waals surface area contributed by atoms with Gasteiger partial charge in [0.05, 0.1) is 19.2 Å². The molecule has 2 aromatic rings. The Bertz CT molecular complexity index is 929. The maximum atomic E-state index is 12.8. The highest BCUT2D eigenvalue weighted by molar-refractivity contribution is 5.97. The maximum absolute atomic E-state index is 12.8. The number of amides is 2. The van der Waals surface area contributed by atoms with Gasteiger partial charge in [-0.25, -0.2) is 0 Å². The van der Waals surface area contributed by atoms with Crippen LogP contribution in [0.4, 0.5) is 5.69 Å². The normalized spacial score (nSPS) is 21.2. The summed E-state index contributed by atoms with van der Waals surface area (Å²) in [5.74, 6) is 1.04. The summed E-state index contributed by atoms with van der Waals surface area (Å²) in [6.07, 6.45) is 0.469. The van der Waals surface area contributed by atoms with Crippen molar-refractivity contribution < 1.29 is 24.2 Å². The highest BCUT2D eigenvalue weighted by Gasteiger charge is 2.33. The average molecular weight is 396 g/mol. The molecular weight excluding hydrogens is 372 g/mol. The number of benzene rings is 2. The summed E-state index contributed by atoms with van der Waals surface area (Å²) in [5, 5.41) is 13.4. The van der Waals surface area contributed by atoms with Gasteiger partial charge in [-0.15, -0.1) is 0 Å². The molecule has 0 aromatic heterocycles. The number of aryl methyl sites for hydroxylation is 1. The van der Waals surface area contributed by atoms with E-state index in [2.05, 4.69) is 5.32 Å². The van der Waals surface area contributed by atoms with Gasteiger partial charge in [0.2, 0.25) is 5.91 Å². The predicted molar refractivity (Wildman–Crippen MR) is 107 cm³/mol. The van der Waals surface area contributed by atoms with Crippen LogP contribution in [0.1, 0.15) is 28.8 Å². The molecule has 2 N–H and O–H groups in total. The number of nitrogens with one attached hydrogen (secondary N) is 1. The van der Waals surface area contributed by atoms with Gasteiger partial charge in [0.15, 0.2) is 0 Å². The zero-order valence-corrected chi connectivity index (χ0v) is 16.3. The van der Waals surface area contributed by atoms with Crippen molar-refractivity contribution >= 4 is 17.5 Å². The minimum absolute atomic E-state index is 0.0219. The summed E-state index contributed by atoms with van der Waals surface area (Å²) in [7, 11) is 1.53. The van der Waals surface area contributed by atoms with Crippen LogP contribution in [0.5, 0.6) is 11.5 Å². The number of para-hydroxylation sites is 1. The highest BCUT2D eigenvalue weighted by atomic mass is 16.5. The molecule has 2 amide bonds. The van der Waals surface area contributed by atoms with Crippen molar-refractivity contribution in [1.82, 2.24) is 4.90 Å². The minimum atomic E-state index is -0.793. The zero-order valence-electron chi connectivity index (χ0n) is 16.3. The van der Waals surface area contributed by atoms with Gasteiger partial charge in [-0.2, -0.15) is 0 Å². The first-order valence-corrected chi connectivity index (χ1v) is 9.75.